The molecule has 0 atom stereocenters. The molecular formula is C15H13NOS. The van der Waals surface area contributed by atoms with Crippen LogP contribution in [0.25, 0.3) is 21.3 Å². The Kier molecular flexibility index (Phi) is 2.99. The molecule has 0 fully saturated rings. The van der Waals surface area contributed by atoms with Crippen molar-refractivity contribution in [2.24, 2.45) is 0 Å². The van der Waals surface area contributed by atoms with Gasteiger partial charge < -0.3 is 4.74 Å². The highest BCUT2D eigenvalue weighted by Crippen LogP contribution is 2.35. The standard InChI is InChI=1S/C15H13NOS/c1-2-17-13-8-4-3-6-11(13)12-7-5-9-14-15(12)16-10-18-14/h3-10H,2H2,1H3. The number of hydrogen-bond acceptors (Lipinski definition) is 3. The Hall–Kier alpha value is -1.87. The van der Waals surface area contributed by atoms with Gasteiger partial charge in [0, 0.05) is 11.1 Å². The zero-order valence-electron chi connectivity index (χ0n) is 10.1. The van der Waals surface area contributed by atoms with Crippen molar-refractivity contribution >= 4 is 21.6 Å². The number of para-hydroxylation sites is 2. The van der Waals surface area contributed by atoms with Crippen molar-refractivity contribution in [1.29, 1.82) is 0 Å². The van der Waals surface area contributed by atoms with Gasteiger partial charge >= 0.3 is 0 Å². The smallest absolute Gasteiger partial charge is 0.127 e. The maximum atomic E-state index is 5.69. The molecule has 3 rings (SSSR count). The number of hydrogen-bond donors (Lipinski definition) is 0. The van der Waals surface area contributed by atoms with E-state index in [2.05, 4.69) is 29.2 Å². The number of aromatic nitrogens is 1. The van der Waals surface area contributed by atoms with Crippen LogP contribution in [0.5, 0.6) is 5.75 Å². The molecule has 3 aromatic rings. The molecule has 18 heavy (non-hydrogen) atoms. The van der Waals surface area contributed by atoms with Crippen LogP contribution < -0.4 is 4.74 Å². The Morgan fingerprint density at radius 3 is 2.78 bits per heavy atom. The Balaban J connectivity index is 2.23. The van der Waals surface area contributed by atoms with E-state index in [1.807, 2.05) is 30.6 Å². The first-order valence-corrected chi connectivity index (χ1v) is 6.82. The minimum atomic E-state index is 0.671. The van der Waals surface area contributed by atoms with Crippen molar-refractivity contribution in [3.8, 4) is 16.9 Å². The van der Waals surface area contributed by atoms with E-state index in [0.29, 0.717) is 6.61 Å². The maximum Gasteiger partial charge on any atom is 0.127 e. The van der Waals surface area contributed by atoms with Gasteiger partial charge in [-0.3, -0.25) is 0 Å². The molecule has 1 aromatic heterocycles. The van der Waals surface area contributed by atoms with Gasteiger partial charge in [0.05, 0.1) is 22.3 Å². The van der Waals surface area contributed by atoms with E-state index in [1.54, 1.807) is 11.3 Å². The van der Waals surface area contributed by atoms with E-state index < -0.39 is 0 Å². The fraction of sp³-hybridized carbons (Fsp3) is 0.133. The number of nitrogens with zero attached hydrogens (tertiary/aromatic N) is 1. The van der Waals surface area contributed by atoms with Crippen LogP contribution in [0.15, 0.2) is 48.0 Å². The van der Waals surface area contributed by atoms with E-state index in [-0.39, 0.29) is 0 Å². The molecule has 3 heteroatoms. The third kappa shape index (κ3) is 1.87. The van der Waals surface area contributed by atoms with E-state index in [0.717, 1.165) is 22.4 Å². The first kappa shape index (κ1) is 11.2. The molecule has 0 saturated carbocycles. The first-order valence-electron chi connectivity index (χ1n) is 5.94. The summed E-state index contributed by atoms with van der Waals surface area (Å²) in [4.78, 5) is 4.46. The molecule has 0 aliphatic carbocycles. The van der Waals surface area contributed by atoms with Gasteiger partial charge in [-0.25, -0.2) is 4.98 Å². The lowest BCUT2D eigenvalue weighted by Crippen LogP contribution is -1.94. The molecule has 0 aliphatic heterocycles. The lowest BCUT2D eigenvalue weighted by molar-refractivity contribution is 0.341. The molecule has 90 valence electrons. The molecule has 0 spiro atoms. The summed E-state index contributed by atoms with van der Waals surface area (Å²) in [6, 6.07) is 14.4. The van der Waals surface area contributed by atoms with Gasteiger partial charge in [-0.1, -0.05) is 30.3 Å². The molecule has 2 aromatic carbocycles. The molecular weight excluding hydrogens is 242 g/mol. The van der Waals surface area contributed by atoms with Crippen LogP contribution >= 0.6 is 11.3 Å². The summed E-state index contributed by atoms with van der Waals surface area (Å²) >= 11 is 1.66. The average Bonchev–Trinajstić information content (AvgIpc) is 2.88. The van der Waals surface area contributed by atoms with Crippen LogP contribution in [0.1, 0.15) is 6.92 Å². The van der Waals surface area contributed by atoms with Crippen molar-refractivity contribution < 1.29 is 4.74 Å². The number of ether oxygens (including phenoxy) is 1. The Labute approximate surface area is 110 Å². The molecule has 0 N–H and O–H groups in total. The Bertz CT molecular complexity index is 675. The third-order valence-electron chi connectivity index (χ3n) is 2.84. The minimum absolute atomic E-state index is 0.671. The normalized spacial score (nSPS) is 10.7. The number of thiazole rings is 1. The fourth-order valence-corrected chi connectivity index (χ4v) is 2.78. The predicted molar refractivity (Wildman–Crippen MR) is 76.2 cm³/mol. The monoisotopic (exact) mass is 255 g/mol. The van der Waals surface area contributed by atoms with Crippen LogP contribution in [0.3, 0.4) is 0 Å². The second kappa shape index (κ2) is 4.78. The van der Waals surface area contributed by atoms with Gasteiger partial charge in [0.15, 0.2) is 0 Å². The van der Waals surface area contributed by atoms with Gasteiger partial charge in [-0.2, -0.15) is 0 Å². The summed E-state index contributed by atoms with van der Waals surface area (Å²) in [5.41, 5.74) is 5.18. The lowest BCUT2D eigenvalue weighted by atomic mass is 10.0. The molecule has 0 radical (unpaired) electrons. The van der Waals surface area contributed by atoms with Crippen molar-refractivity contribution in [3.63, 3.8) is 0 Å². The summed E-state index contributed by atoms with van der Waals surface area (Å²) in [7, 11) is 0. The van der Waals surface area contributed by atoms with Crippen LogP contribution in [-0.2, 0) is 0 Å². The highest BCUT2D eigenvalue weighted by Gasteiger charge is 2.10. The highest BCUT2D eigenvalue weighted by molar-refractivity contribution is 7.16. The quantitative estimate of drug-likeness (QED) is 0.693. The zero-order valence-corrected chi connectivity index (χ0v) is 10.9. The summed E-state index contributed by atoms with van der Waals surface area (Å²) in [5.74, 6) is 0.917. The predicted octanol–water partition coefficient (Wildman–Crippen LogP) is 4.36. The largest absolute Gasteiger partial charge is 0.493 e. The molecule has 1 heterocycles. The van der Waals surface area contributed by atoms with Crippen LogP contribution in [0.4, 0.5) is 0 Å². The average molecular weight is 255 g/mol. The zero-order chi connectivity index (χ0) is 12.4. The molecule has 2 nitrogen and oxygen atoms in total. The van der Waals surface area contributed by atoms with Crippen molar-refractivity contribution in [2.75, 3.05) is 6.61 Å². The summed E-state index contributed by atoms with van der Waals surface area (Å²) in [6.45, 7) is 2.67. The van der Waals surface area contributed by atoms with Crippen molar-refractivity contribution in [3.05, 3.63) is 48.0 Å². The summed E-state index contributed by atoms with van der Waals surface area (Å²) in [6.07, 6.45) is 0. The topological polar surface area (TPSA) is 22.1 Å². The summed E-state index contributed by atoms with van der Waals surface area (Å²) < 4.78 is 6.90. The van der Waals surface area contributed by atoms with Gasteiger partial charge in [-0.15, -0.1) is 11.3 Å². The van der Waals surface area contributed by atoms with E-state index in [1.165, 1.54) is 4.70 Å². The van der Waals surface area contributed by atoms with Crippen LogP contribution in [0, 0.1) is 0 Å². The van der Waals surface area contributed by atoms with Crippen LogP contribution in [-0.4, -0.2) is 11.6 Å². The van der Waals surface area contributed by atoms with E-state index >= 15 is 0 Å². The van der Waals surface area contributed by atoms with Crippen LogP contribution in [0.2, 0.25) is 0 Å². The molecule has 0 unspecified atom stereocenters. The van der Waals surface area contributed by atoms with E-state index in [9.17, 15) is 0 Å². The lowest BCUT2D eigenvalue weighted by Gasteiger charge is -2.10. The Morgan fingerprint density at radius 1 is 1.06 bits per heavy atom. The molecule has 0 aliphatic rings. The van der Waals surface area contributed by atoms with E-state index in [4.69, 9.17) is 4.74 Å². The number of benzene rings is 2. The molecule has 0 saturated heterocycles. The van der Waals surface area contributed by atoms with Gasteiger partial charge in [0.1, 0.15) is 5.75 Å². The molecule has 0 bridgehead atoms. The SMILES string of the molecule is CCOc1ccccc1-c1cccc2scnc12. The highest BCUT2D eigenvalue weighted by atomic mass is 32.1. The first-order chi connectivity index (χ1) is 8.90. The number of rotatable bonds is 3. The van der Waals surface area contributed by atoms with Gasteiger partial charge in [0.25, 0.3) is 0 Å². The van der Waals surface area contributed by atoms with Crippen molar-refractivity contribution in [2.45, 2.75) is 6.92 Å². The second-order valence-electron chi connectivity index (χ2n) is 3.93. The second-order valence-corrected chi connectivity index (χ2v) is 4.82. The minimum Gasteiger partial charge on any atom is -0.493 e. The van der Waals surface area contributed by atoms with Gasteiger partial charge in [-0.05, 0) is 19.1 Å². The maximum absolute atomic E-state index is 5.69. The Morgan fingerprint density at radius 2 is 1.89 bits per heavy atom. The van der Waals surface area contributed by atoms with Crippen molar-refractivity contribution in [1.82, 2.24) is 4.98 Å². The fourth-order valence-electron chi connectivity index (χ4n) is 2.07. The number of fused-ring (bicyclic) bond motifs is 1. The molecule has 0 amide bonds. The van der Waals surface area contributed by atoms with Gasteiger partial charge in [0.2, 0.25) is 0 Å². The third-order valence-corrected chi connectivity index (χ3v) is 3.63. The summed E-state index contributed by atoms with van der Waals surface area (Å²) in [5, 5.41) is 0.